The second-order valence-corrected chi connectivity index (χ2v) is 11.8. The quantitative estimate of drug-likeness (QED) is 0.147. The fourth-order valence-corrected chi connectivity index (χ4v) is 6.30. The van der Waals surface area contributed by atoms with E-state index in [-0.39, 0.29) is 17.7 Å². The van der Waals surface area contributed by atoms with Crippen LogP contribution in [0.1, 0.15) is 46.3 Å². The molecular formula is C36H37F4N3O4. The summed E-state index contributed by atoms with van der Waals surface area (Å²) in [6, 6.07) is 18.0. The van der Waals surface area contributed by atoms with Crippen molar-refractivity contribution in [3.63, 3.8) is 0 Å². The molecule has 11 heteroatoms. The van der Waals surface area contributed by atoms with E-state index in [9.17, 15) is 32.3 Å². The molecule has 4 aromatic carbocycles. The topological polar surface area (TPSA) is 90.9 Å². The molecule has 0 spiro atoms. The van der Waals surface area contributed by atoms with Crippen LogP contribution in [0.2, 0.25) is 0 Å². The number of nitrogens with one attached hydrogen (secondary N) is 2. The van der Waals surface area contributed by atoms with Crippen LogP contribution in [0.25, 0.3) is 21.9 Å². The van der Waals surface area contributed by atoms with E-state index in [1.807, 2.05) is 42.5 Å². The van der Waals surface area contributed by atoms with Crippen molar-refractivity contribution in [1.82, 2.24) is 10.2 Å². The van der Waals surface area contributed by atoms with Crippen LogP contribution in [-0.2, 0) is 17.8 Å². The second kappa shape index (κ2) is 14.4. The van der Waals surface area contributed by atoms with Gasteiger partial charge < -0.3 is 20.5 Å². The minimum Gasteiger partial charge on any atom is -0.496 e. The molecule has 47 heavy (non-hydrogen) atoms. The van der Waals surface area contributed by atoms with Gasteiger partial charge in [0.1, 0.15) is 24.2 Å². The maximum Gasteiger partial charge on any atom is 0.405 e. The van der Waals surface area contributed by atoms with Gasteiger partial charge in [-0.05, 0) is 84.1 Å². The van der Waals surface area contributed by atoms with E-state index < -0.39 is 42.0 Å². The van der Waals surface area contributed by atoms with Gasteiger partial charge in [-0.3, -0.25) is 9.69 Å². The highest BCUT2D eigenvalue weighted by Crippen LogP contribution is 2.39. The largest absolute Gasteiger partial charge is 0.496 e. The number of piperidine rings is 1. The number of alkyl halides is 3. The molecule has 1 saturated heterocycles. The summed E-state index contributed by atoms with van der Waals surface area (Å²) in [6.45, 7) is 2.83. The van der Waals surface area contributed by atoms with E-state index in [2.05, 4.69) is 21.6 Å². The standard InChI is InChI=1S/C36H37F4N3O4/c1-22-17-25(41-21-36(38,39)40)19-29(37)32(22)34(44)42-30(35(45)46)18-23-9-6-12-27-26(23)11-8-13-28(27)33-24(10-7-14-31(33)47-2)20-43-15-4-3-5-16-43/h6-14,17,19,30,41H,3-5,15-16,18,20-21H2,1-2H3,(H,42,44)(H,45,46)/t30-/m0/s1. The molecule has 0 aromatic heterocycles. The fourth-order valence-electron chi connectivity index (χ4n) is 6.30. The number of hydrogen-bond acceptors (Lipinski definition) is 5. The number of rotatable bonds is 11. The monoisotopic (exact) mass is 651 g/mol. The second-order valence-electron chi connectivity index (χ2n) is 11.8. The zero-order valence-corrected chi connectivity index (χ0v) is 26.2. The van der Waals surface area contributed by atoms with E-state index in [0.29, 0.717) is 5.56 Å². The Hall–Kier alpha value is -4.64. The summed E-state index contributed by atoms with van der Waals surface area (Å²) in [5.74, 6) is -2.64. The first-order chi connectivity index (χ1) is 22.4. The van der Waals surface area contributed by atoms with Gasteiger partial charge in [0.05, 0.1) is 12.7 Å². The number of carboxylic acids is 1. The lowest BCUT2D eigenvalue weighted by molar-refractivity contribution is -0.139. The van der Waals surface area contributed by atoms with Crippen molar-refractivity contribution in [3.8, 4) is 16.9 Å². The molecule has 7 nitrogen and oxygen atoms in total. The Morgan fingerprint density at radius 3 is 2.32 bits per heavy atom. The Kier molecular flexibility index (Phi) is 10.3. The normalized spacial score (nSPS) is 14.5. The first-order valence-electron chi connectivity index (χ1n) is 15.5. The lowest BCUT2D eigenvalue weighted by Crippen LogP contribution is -2.42. The molecule has 1 atom stereocenters. The van der Waals surface area contributed by atoms with Gasteiger partial charge in [-0.25, -0.2) is 9.18 Å². The number of likely N-dealkylation sites (tertiary alicyclic amines) is 1. The van der Waals surface area contributed by atoms with E-state index in [4.69, 9.17) is 4.74 Å². The molecule has 1 aliphatic heterocycles. The number of halogens is 4. The lowest BCUT2D eigenvalue weighted by atomic mass is 9.90. The Morgan fingerprint density at radius 1 is 0.957 bits per heavy atom. The van der Waals surface area contributed by atoms with Gasteiger partial charge in [0.15, 0.2) is 0 Å². The first-order valence-corrected chi connectivity index (χ1v) is 15.5. The van der Waals surface area contributed by atoms with Gasteiger partial charge >= 0.3 is 12.1 Å². The Morgan fingerprint density at radius 2 is 1.64 bits per heavy atom. The van der Waals surface area contributed by atoms with Crippen molar-refractivity contribution in [2.45, 2.75) is 51.4 Å². The van der Waals surface area contributed by atoms with Crippen LogP contribution >= 0.6 is 0 Å². The maximum absolute atomic E-state index is 15.0. The highest BCUT2D eigenvalue weighted by molar-refractivity contribution is 6.01. The van der Waals surface area contributed by atoms with Gasteiger partial charge in [-0.2, -0.15) is 13.2 Å². The number of carboxylic acid groups (broad SMARTS) is 1. The van der Waals surface area contributed by atoms with Crippen molar-refractivity contribution in [3.05, 3.63) is 94.8 Å². The molecule has 3 N–H and O–H groups in total. The molecule has 1 fully saturated rings. The van der Waals surface area contributed by atoms with E-state index in [1.165, 1.54) is 19.4 Å². The predicted molar refractivity (Wildman–Crippen MR) is 173 cm³/mol. The van der Waals surface area contributed by atoms with Crippen LogP contribution in [0, 0.1) is 12.7 Å². The minimum absolute atomic E-state index is 0.0586. The first kappa shape index (κ1) is 33.7. The van der Waals surface area contributed by atoms with E-state index in [1.54, 1.807) is 13.2 Å². The van der Waals surface area contributed by atoms with Crippen LogP contribution in [0.15, 0.2) is 66.7 Å². The van der Waals surface area contributed by atoms with Gasteiger partial charge in [0.2, 0.25) is 0 Å². The van der Waals surface area contributed by atoms with Crippen molar-refractivity contribution in [2.75, 3.05) is 32.1 Å². The van der Waals surface area contributed by atoms with Crippen LogP contribution in [0.4, 0.5) is 23.2 Å². The summed E-state index contributed by atoms with van der Waals surface area (Å²) in [7, 11) is 1.64. The van der Waals surface area contributed by atoms with Crippen LogP contribution in [-0.4, -0.2) is 60.8 Å². The van der Waals surface area contributed by atoms with Gasteiger partial charge in [0, 0.05) is 24.2 Å². The number of benzene rings is 4. The summed E-state index contributed by atoms with van der Waals surface area (Å²) in [5.41, 5.74) is 3.15. The van der Waals surface area contributed by atoms with E-state index >= 15 is 0 Å². The average molecular weight is 652 g/mol. The molecular weight excluding hydrogens is 614 g/mol. The molecule has 0 aliphatic carbocycles. The minimum atomic E-state index is -4.51. The molecule has 0 saturated carbocycles. The Labute approximate surface area is 270 Å². The van der Waals surface area contributed by atoms with Gasteiger partial charge in [-0.15, -0.1) is 0 Å². The SMILES string of the molecule is COc1cccc(CN2CCCCC2)c1-c1cccc2c(C[C@H](NC(=O)c3c(C)cc(NCC(F)(F)F)cc3F)C(=O)O)cccc12. The summed E-state index contributed by atoms with van der Waals surface area (Å²) in [6.07, 6.45) is -1.06. The zero-order valence-electron chi connectivity index (χ0n) is 26.2. The Balaban J connectivity index is 1.44. The molecule has 5 rings (SSSR count). The van der Waals surface area contributed by atoms with Crippen LogP contribution < -0.4 is 15.4 Å². The van der Waals surface area contributed by atoms with Crippen molar-refractivity contribution < 1.29 is 37.0 Å². The third-order valence-corrected chi connectivity index (χ3v) is 8.49. The number of ether oxygens (including phenoxy) is 1. The number of carbonyl (C=O) groups excluding carboxylic acids is 1. The lowest BCUT2D eigenvalue weighted by Gasteiger charge is -2.28. The van der Waals surface area contributed by atoms with Crippen molar-refractivity contribution >= 4 is 28.3 Å². The molecule has 0 radical (unpaired) electrons. The third kappa shape index (κ3) is 8.02. The molecule has 1 heterocycles. The average Bonchev–Trinajstić information content (AvgIpc) is 3.03. The fraction of sp³-hybridized carbons (Fsp3) is 0.333. The molecule has 0 bridgehead atoms. The number of amides is 1. The van der Waals surface area contributed by atoms with Crippen molar-refractivity contribution in [1.29, 1.82) is 0 Å². The van der Waals surface area contributed by atoms with Crippen LogP contribution in [0.3, 0.4) is 0 Å². The highest BCUT2D eigenvalue weighted by Gasteiger charge is 2.28. The number of fused-ring (bicyclic) bond motifs is 1. The number of hydrogen-bond donors (Lipinski definition) is 3. The van der Waals surface area contributed by atoms with Crippen molar-refractivity contribution in [2.24, 2.45) is 0 Å². The third-order valence-electron chi connectivity index (χ3n) is 8.49. The number of carbonyl (C=O) groups is 2. The summed E-state index contributed by atoms with van der Waals surface area (Å²) in [5, 5.41) is 16.3. The zero-order chi connectivity index (χ0) is 33.7. The molecule has 4 aromatic rings. The number of aryl methyl sites for hydroxylation is 1. The summed E-state index contributed by atoms with van der Waals surface area (Å²) in [4.78, 5) is 28.0. The van der Waals surface area contributed by atoms with Crippen LogP contribution in [0.5, 0.6) is 5.75 Å². The number of nitrogens with zero attached hydrogens (tertiary/aromatic N) is 1. The summed E-state index contributed by atoms with van der Waals surface area (Å²) < 4.78 is 58.6. The smallest absolute Gasteiger partial charge is 0.405 e. The van der Waals surface area contributed by atoms with Gasteiger partial charge in [-0.1, -0.05) is 55.0 Å². The number of aliphatic carboxylic acids is 1. The van der Waals surface area contributed by atoms with Gasteiger partial charge in [0.25, 0.3) is 5.91 Å². The molecule has 0 unspecified atom stereocenters. The number of methoxy groups -OCH3 is 1. The van der Waals surface area contributed by atoms with E-state index in [0.717, 1.165) is 71.8 Å². The number of anilines is 1. The molecule has 1 amide bonds. The molecule has 248 valence electrons. The summed E-state index contributed by atoms with van der Waals surface area (Å²) >= 11 is 0. The Bertz CT molecular complexity index is 1750. The predicted octanol–water partition coefficient (Wildman–Crippen LogP) is 7.35. The molecule has 1 aliphatic rings. The maximum atomic E-state index is 15.0. The highest BCUT2D eigenvalue weighted by atomic mass is 19.4.